The first-order valence-corrected chi connectivity index (χ1v) is 8.45. The van der Waals surface area contributed by atoms with Crippen molar-refractivity contribution >= 4 is 21.9 Å². The Kier molecular flexibility index (Phi) is 6.63. The lowest BCUT2D eigenvalue weighted by molar-refractivity contribution is -0.686. The Balaban J connectivity index is 2.05. The van der Waals surface area contributed by atoms with E-state index in [1.54, 1.807) is 31.4 Å². The van der Waals surface area contributed by atoms with Crippen LogP contribution in [0.25, 0.3) is 0 Å². The molecule has 128 valence electrons. The highest BCUT2D eigenvalue weighted by molar-refractivity contribution is 9.10. The largest absolute Gasteiger partial charge is 0.545 e. The Morgan fingerprint density at radius 1 is 1.21 bits per heavy atom. The van der Waals surface area contributed by atoms with Crippen LogP contribution in [0.1, 0.15) is 28.4 Å². The lowest BCUT2D eigenvalue weighted by Gasteiger charge is -2.14. The molecule has 0 unspecified atom stereocenters. The van der Waals surface area contributed by atoms with Crippen molar-refractivity contribution in [1.82, 2.24) is 0 Å². The van der Waals surface area contributed by atoms with Crippen LogP contribution in [0.3, 0.4) is 0 Å². The van der Waals surface area contributed by atoms with Gasteiger partial charge in [-0.1, -0.05) is 40.2 Å². The van der Waals surface area contributed by atoms with E-state index in [1.807, 2.05) is 19.1 Å². The van der Waals surface area contributed by atoms with Crippen molar-refractivity contribution in [3.63, 3.8) is 0 Å². The highest BCUT2D eigenvalue weighted by atomic mass is 79.9. The van der Waals surface area contributed by atoms with Gasteiger partial charge >= 0.3 is 0 Å². The van der Waals surface area contributed by atoms with Gasteiger partial charge in [0.05, 0.1) is 25.2 Å². The maximum Gasteiger partial charge on any atom is 0.170 e. The molecule has 5 nitrogen and oxygen atoms in total. The number of rotatable bonds is 8. The van der Waals surface area contributed by atoms with Gasteiger partial charge in [0.1, 0.15) is 13.1 Å². The van der Waals surface area contributed by atoms with Crippen molar-refractivity contribution in [3.05, 3.63) is 57.6 Å². The average Bonchev–Trinajstić information content (AvgIpc) is 2.57. The number of halogens is 1. The highest BCUT2D eigenvalue weighted by Crippen LogP contribution is 2.34. The van der Waals surface area contributed by atoms with E-state index in [4.69, 9.17) is 9.47 Å². The van der Waals surface area contributed by atoms with Crippen molar-refractivity contribution < 1.29 is 24.7 Å². The Morgan fingerprint density at radius 3 is 2.50 bits per heavy atom. The maximum absolute atomic E-state index is 10.8. The van der Waals surface area contributed by atoms with Crippen LogP contribution in [-0.2, 0) is 13.1 Å². The van der Waals surface area contributed by atoms with Gasteiger partial charge < -0.3 is 24.7 Å². The van der Waals surface area contributed by atoms with Crippen LogP contribution in [0.15, 0.2) is 40.9 Å². The Morgan fingerprint density at radius 2 is 1.92 bits per heavy atom. The van der Waals surface area contributed by atoms with E-state index in [9.17, 15) is 9.90 Å². The first-order chi connectivity index (χ1) is 11.5. The standard InChI is InChI=1S/C18H20BrNO4/c1-3-24-17-14(8-15(19)9-16(17)23-2)11-20-10-12-4-6-13(7-5-12)18(21)22/h4-9,20H,3,10-11H2,1-2H3,(H,21,22). The van der Waals surface area contributed by atoms with Crippen LogP contribution < -0.4 is 19.9 Å². The lowest BCUT2D eigenvalue weighted by Crippen LogP contribution is -2.80. The average molecular weight is 394 g/mol. The van der Waals surface area contributed by atoms with Crippen LogP contribution in [0, 0.1) is 0 Å². The number of hydrogen-bond acceptors (Lipinski definition) is 4. The van der Waals surface area contributed by atoms with Gasteiger partial charge in [-0.2, -0.15) is 0 Å². The molecule has 0 bridgehead atoms. The van der Waals surface area contributed by atoms with Crippen LogP contribution >= 0.6 is 15.9 Å². The van der Waals surface area contributed by atoms with E-state index in [0.29, 0.717) is 18.9 Å². The summed E-state index contributed by atoms with van der Waals surface area (Å²) in [5, 5.41) is 12.9. The van der Waals surface area contributed by atoms with Crippen molar-refractivity contribution in [2.24, 2.45) is 0 Å². The molecule has 0 amide bonds. The van der Waals surface area contributed by atoms with E-state index in [2.05, 4.69) is 21.2 Å². The summed E-state index contributed by atoms with van der Waals surface area (Å²) in [5.41, 5.74) is 2.27. The number of aromatic carboxylic acids is 1. The van der Waals surface area contributed by atoms with E-state index in [1.165, 1.54) is 0 Å². The zero-order valence-electron chi connectivity index (χ0n) is 13.7. The molecular formula is C18H20BrNO4. The Labute approximate surface area is 149 Å². The van der Waals surface area contributed by atoms with Crippen LogP contribution in [0.2, 0.25) is 0 Å². The predicted molar refractivity (Wildman–Crippen MR) is 92.0 cm³/mol. The summed E-state index contributed by atoms with van der Waals surface area (Å²) in [6.45, 7) is 3.95. The number of quaternary nitrogens is 1. The second-order valence-electron chi connectivity index (χ2n) is 5.21. The number of nitrogens with two attached hydrogens (primary N) is 1. The fourth-order valence-electron chi connectivity index (χ4n) is 2.41. The summed E-state index contributed by atoms with van der Waals surface area (Å²) in [4.78, 5) is 10.8. The highest BCUT2D eigenvalue weighted by Gasteiger charge is 2.13. The molecule has 24 heavy (non-hydrogen) atoms. The molecule has 2 aromatic rings. The predicted octanol–water partition coefficient (Wildman–Crippen LogP) is 1.48. The summed E-state index contributed by atoms with van der Waals surface area (Å²) in [7, 11) is 1.62. The quantitative estimate of drug-likeness (QED) is 0.736. The molecule has 2 aromatic carbocycles. The fourth-order valence-corrected chi connectivity index (χ4v) is 2.89. The second-order valence-corrected chi connectivity index (χ2v) is 6.13. The molecule has 0 saturated carbocycles. The summed E-state index contributed by atoms with van der Waals surface area (Å²) in [6.07, 6.45) is 0. The van der Waals surface area contributed by atoms with Crippen LogP contribution in [0.5, 0.6) is 11.5 Å². The minimum Gasteiger partial charge on any atom is -0.545 e. The van der Waals surface area contributed by atoms with Gasteiger partial charge in [-0.05, 0) is 24.6 Å². The summed E-state index contributed by atoms with van der Waals surface area (Å²) >= 11 is 3.49. The molecule has 0 aliphatic heterocycles. The first kappa shape index (κ1) is 18.3. The van der Waals surface area contributed by atoms with E-state index in [0.717, 1.165) is 27.9 Å². The van der Waals surface area contributed by atoms with Crippen molar-refractivity contribution in [2.75, 3.05) is 13.7 Å². The number of ether oxygens (including phenoxy) is 2. The Hall–Kier alpha value is -2.05. The third kappa shape index (κ3) is 4.72. The van der Waals surface area contributed by atoms with Gasteiger partial charge in [-0.3, -0.25) is 0 Å². The molecule has 0 fully saturated rings. The van der Waals surface area contributed by atoms with Crippen molar-refractivity contribution in [1.29, 1.82) is 0 Å². The van der Waals surface area contributed by atoms with Crippen LogP contribution in [-0.4, -0.2) is 19.7 Å². The van der Waals surface area contributed by atoms with Crippen molar-refractivity contribution in [2.45, 2.75) is 20.0 Å². The normalized spacial score (nSPS) is 10.5. The van der Waals surface area contributed by atoms with E-state index >= 15 is 0 Å². The molecule has 0 aromatic heterocycles. The lowest BCUT2D eigenvalue weighted by atomic mass is 10.1. The molecule has 2 N–H and O–H groups in total. The molecule has 0 saturated heterocycles. The van der Waals surface area contributed by atoms with E-state index < -0.39 is 5.97 Å². The topological polar surface area (TPSA) is 75.2 Å². The minimum atomic E-state index is -1.16. The van der Waals surface area contributed by atoms with Gasteiger partial charge in [0, 0.05) is 10.0 Å². The number of hydrogen-bond donors (Lipinski definition) is 1. The van der Waals surface area contributed by atoms with E-state index in [-0.39, 0.29) is 5.56 Å². The third-order valence-electron chi connectivity index (χ3n) is 3.54. The first-order valence-electron chi connectivity index (χ1n) is 7.66. The zero-order valence-corrected chi connectivity index (χ0v) is 15.3. The summed E-state index contributed by atoms with van der Waals surface area (Å²) < 4.78 is 12.0. The van der Waals surface area contributed by atoms with Crippen molar-refractivity contribution in [3.8, 4) is 11.5 Å². The number of carboxylic acid groups (broad SMARTS) is 1. The molecule has 0 heterocycles. The smallest absolute Gasteiger partial charge is 0.170 e. The third-order valence-corrected chi connectivity index (χ3v) is 4.00. The fraction of sp³-hybridized carbons (Fsp3) is 0.278. The summed E-state index contributed by atoms with van der Waals surface area (Å²) in [6, 6.07) is 10.6. The SMILES string of the molecule is CCOc1c(C[NH2+]Cc2ccc(C(=O)[O-])cc2)cc(Br)cc1OC. The second kappa shape index (κ2) is 8.70. The van der Waals surface area contributed by atoms with Gasteiger partial charge in [0.25, 0.3) is 0 Å². The number of carboxylic acids is 1. The van der Waals surface area contributed by atoms with Gasteiger partial charge in [0.15, 0.2) is 11.5 Å². The van der Waals surface area contributed by atoms with Crippen LogP contribution in [0.4, 0.5) is 0 Å². The van der Waals surface area contributed by atoms with Gasteiger partial charge in [-0.25, -0.2) is 0 Å². The monoisotopic (exact) mass is 393 g/mol. The number of benzene rings is 2. The number of methoxy groups -OCH3 is 1. The molecule has 2 rings (SSSR count). The minimum absolute atomic E-state index is 0.189. The Bertz CT molecular complexity index is 701. The van der Waals surface area contributed by atoms with Gasteiger partial charge in [-0.15, -0.1) is 0 Å². The molecule has 0 radical (unpaired) electrons. The molecule has 0 spiro atoms. The molecule has 0 aliphatic carbocycles. The zero-order chi connectivity index (χ0) is 17.5. The number of carbonyl (C=O) groups is 1. The molecule has 0 atom stereocenters. The molecule has 0 aliphatic rings. The molecular weight excluding hydrogens is 374 g/mol. The van der Waals surface area contributed by atoms with Gasteiger partial charge in [0.2, 0.25) is 0 Å². The summed E-state index contributed by atoms with van der Waals surface area (Å²) in [5.74, 6) is 0.299. The number of carbonyl (C=O) groups excluding carboxylic acids is 1. The molecule has 6 heteroatoms. The maximum atomic E-state index is 10.8.